The monoisotopic (exact) mass is 499 g/mol. The standard InChI is InChI=1S/C25H33N5O6/c1-25(2,3)21-19-20(35-23(26)32)17(14-6-10-16(11-7-14)22(31)28(4)34-5)18(15-8-9-15)29(19)12-13-30(21)36-24(27)33/h6-7,10-11,15,21H,8-9,12-13H2,1-5H3,(H2,26,32)(H2,27,33). The highest BCUT2D eigenvalue weighted by atomic mass is 16.7. The number of carbonyl (C=O) groups excluding carboxylic acids is 3. The van der Waals surface area contributed by atoms with Gasteiger partial charge >= 0.3 is 12.2 Å². The lowest BCUT2D eigenvalue weighted by atomic mass is 9.83. The van der Waals surface area contributed by atoms with Gasteiger partial charge in [0.1, 0.15) is 0 Å². The fourth-order valence-electron chi connectivity index (χ4n) is 4.97. The fraction of sp³-hybridized carbons (Fsp3) is 0.480. The maximum absolute atomic E-state index is 12.5. The number of hydroxylamine groups is 4. The summed E-state index contributed by atoms with van der Waals surface area (Å²) in [6, 6.07) is 6.59. The van der Waals surface area contributed by atoms with Crippen LogP contribution >= 0.6 is 0 Å². The minimum Gasteiger partial charge on any atom is -0.408 e. The summed E-state index contributed by atoms with van der Waals surface area (Å²) in [6.07, 6.45) is 0.152. The zero-order valence-corrected chi connectivity index (χ0v) is 21.2. The van der Waals surface area contributed by atoms with E-state index >= 15 is 0 Å². The number of benzene rings is 1. The third-order valence-electron chi connectivity index (χ3n) is 6.56. The second kappa shape index (κ2) is 9.47. The lowest BCUT2D eigenvalue weighted by molar-refractivity contribution is -0.168. The molecule has 1 aromatic heterocycles. The molecule has 1 aliphatic carbocycles. The normalized spacial score (nSPS) is 17.9. The SMILES string of the molecule is CON(C)C(=O)c1ccc(-c2c(OC(N)=O)c3n(c2C2CC2)CCN(OC(N)=O)C3C(C)(C)C)cc1. The first-order chi connectivity index (χ1) is 16.9. The van der Waals surface area contributed by atoms with Crippen LogP contribution in [0.3, 0.4) is 0 Å². The molecule has 4 N–H and O–H groups in total. The van der Waals surface area contributed by atoms with Crippen LogP contribution < -0.4 is 16.2 Å². The topological polar surface area (TPSA) is 142 Å². The number of amides is 3. The van der Waals surface area contributed by atoms with Crippen molar-refractivity contribution in [3.05, 3.63) is 41.2 Å². The van der Waals surface area contributed by atoms with E-state index in [1.54, 1.807) is 17.2 Å². The van der Waals surface area contributed by atoms with Gasteiger partial charge in [-0.25, -0.2) is 14.7 Å². The van der Waals surface area contributed by atoms with Gasteiger partial charge in [0.15, 0.2) is 5.75 Å². The van der Waals surface area contributed by atoms with E-state index in [4.69, 9.17) is 25.9 Å². The first-order valence-electron chi connectivity index (χ1n) is 11.8. The molecule has 4 rings (SSSR count). The molecule has 2 heterocycles. The second-order valence-electron chi connectivity index (χ2n) is 10.2. The van der Waals surface area contributed by atoms with Crippen LogP contribution in [0.25, 0.3) is 11.1 Å². The molecule has 1 saturated carbocycles. The van der Waals surface area contributed by atoms with Crippen LogP contribution in [0.4, 0.5) is 9.59 Å². The molecule has 1 atom stereocenters. The highest BCUT2D eigenvalue weighted by Gasteiger charge is 2.46. The molecule has 2 aromatic rings. The Labute approximate surface area is 209 Å². The van der Waals surface area contributed by atoms with Gasteiger partial charge in [-0.2, -0.15) is 0 Å². The van der Waals surface area contributed by atoms with E-state index in [0.29, 0.717) is 30.1 Å². The molecule has 2 aliphatic rings. The maximum atomic E-state index is 12.5. The number of fused-ring (bicyclic) bond motifs is 1. The van der Waals surface area contributed by atoms with Crippen LogP contribution in [0.1, 0.15) is 67.3 Å². The summed E-state index contributed by atoms with van der Waals surface area (Å²) >= 11 is 0. The number of nitrogens with zero attached hydrogens (tertiary/aromatic N) is 3. The Morgan fingerprint density at radius 3 is 2.14 bits per heavy atom. The van der Waals surface area contributed by atoms with Gasteiger partial charge in [0.05, 0.1) is 25.4 Å². The number of carbonyl (C=O) groups is 3. The molecule has 0 radical (unpaired) electrons. The molecule has 11 heteroatoms. The van der Waals surface area contributed by atoms with Crippen molar-refractivity contribution in [1.29, 1.82) is 0 Å². The molecule has 0 spiro atoms. The molecule has 0 saturated heterocycles. The molecular formula is C25H33N5O6. The molecule has 0 bridgehead atoms. The van der Waals surface area contributed by atoms with Gasteiger partial charge in [0, 0.05) is 36.3 Å². The Balaban J connectivity index is 1.92. The molecular weight excluding hydrogens is 466 g/mol. The van der Waals surface area contributed by atoms with Crippen molar-refractivity contribution in [1.82, 2.24) is 14.7 Å². The Bertz CT molecular complexity index is 1180. The van der Waals surface area contributed by atoms with E-state index in [-0.39, 0.29) is 11.8 Å². The molecule has 36 heavy (non-hydrogen) atoms. The molecule has 194 valence electrons. The lowest BCUT2D eigenvalue weighted by Crippen LogP contribution is -2.46. The van der Waals surface area contributed by atoms with Crippen molar-refractivity contribution < 1.29 is 28.8 Å². The van der Waals surface area contributed by atoms with Gasteiger partial charge in [-0.05, 0) is 36.0 Å². The van der Waals surface area contributed by atoms with Crippen LogP contribution in [0, 0.1) is 5.41 Å². The molecule has 1 unspecified atom stereocenters. The van der Waals surface area contributed by atoms with E-state index in [1.165, 1.54) is 14.2 Å². The predicted octanol–water partition coefficient (Wildman–Crippen LogP) is 3.54. The van der Waals surface area contributed by atoms with Crippen molar-refractivity contribution in [3.63, 3.8) is 0 Å². The van der Waals surface area contributed by atoms with E-state index in [2.05, 4.69) is 4.57 Å². The maximum Gasteiger partial charge on any atom is 0.423 e. The summed E-state index contributed by atoms with van der Waals surface area (Å²) in [5.74, 6) is 0.326. The average Bonchev–Trinajstić information content (AvgIpc) is 3.60. The van der Waals surface area contributed by atoms with Gasteiger partial charge in [-0.15, -0.1) is 5.06 Å². The number of hydrogen-bond acceptors (Lipinski definition) is 7. The lowest BCUT2D eigenvalue weighted by Gasteiger charge is -2.42. The largest absolute Gasteiger partial charge is 0.423 e. The van der Waals surface area contributed by atoms with E-state index in [9.17, 15) is 14.4 Å². The molecule has 11 nitrogen and oxygen atoms in total. The van der Waals surface area contributed by atoms with Crippen LogP contribution in [-0.4, -0.2) is 53.5 Å². The van der Waals surface area contributed by atoms with E-state index in [1.807, 2.05) is 32.9 Å². The highest BCUT2D eigenvalue weighted by Crippen LogP contribution is 2.55. The fourth-order valence-corrected chi connectivity index (χ4v) is 4.97. The first-order valence-corrected chi connectivity index (χ1v) is 11.8. The zero-order chi connectivity index (χ0) is 26.4. The number of aromatic nitrogens is 1. The van der Waals surface area contributed by atoms with Gasteiger partial charge in [-0.3, -0.25) is 9.63 Å². The predicted molar refractivity (Wildman–Crippen MR) is 131 cm³/mol. The van der Waals surface area contributed by atoms with Crippen molar-refractivity contribution >= 4 is 18.1 Å². The first kappa shape index (κ1) is 25.5. The Morgan fingerprint density at radius 1 is 1.00 bits per heavy atom. The Kier molecular flexibility index (Phi) is 6.72. The molecule has 1 aliphatic heterocycles. The minimum absolute atomic E-state index is 0.286. The molecule has 1 aromatic carbocycles. The molecule has 1 fully saturated rings. The Morgan fingerprint density at radius 2 is 1.64 bits per heavy atom. The smallest absolute Gasteiger partial charge is 0.408 e. The average molecular weight is 500 g/mol. The van der Waals surface area contributed by atoms with Crippen molar-refractivity contribution in [2.45, 2.75) is 52.1 Å². The summed E-state index contributed by atoms with van der Waals surface area (Å²) in [7, 11) is 2.96. The van der Waals surface area contributed by atoms with Crippen molar-refractivity contribution in [3.8, 4) is 16.9 Å². The number of nitrogens with two attached hydrogens (primary N) is 2. The van der Waals surface area contributed by atoms with Crippen molar-refractivity contribution in [2.75, 3.05) is 20.7 Å². The summed E-state index contributed by atoms with van der Waals surface area (Å²) in [4.78, 5) is 46.7. The minimum atomic E-state index is -0.943. The Hall–Kier alpha value is -3.57. The zero-order valence-electron chi connectivity index (χ0n) is 21.2. The van der Waals surface area contributed by atoms with Gasteiger partial charge < -0.3 is 25.6 Å². The van der Waals surface area contributed by atoms with Crippen LogP contribution in [0.2, 0.25) is 0 Å². The van der Waals surface area contributed by atoms with E-state index in [0.717, 1.165) is 34.7 Å². The van der Waals surface area contributed by atoms with Crippen LogP contribution in [0.5, 0.6) is 5.75 Å². The number of ether oxygens (including phenoxy) is 1. The van der Waals surface area contributed by atoms with Crippen LogP contribution in [0.15, 0.2) is 24.3 Å². The summed E-state index contributed by atoms with van der Waals surface area (Å²) in [6.45, 7) is 6.95. The van der Waals surface area contributed by atoms with Gasteiger partial charge in [0.2, 0.25) is 0 Å². The number of primary amides is 2. The molecule has 3 amide bonds. The van der Waals surface area contributed by atoms with Crippen LogP contribution in [-0.2, 0) is 16.2 Å². The second-order valence-corrected chi connectivity index (χ2v) is 10.2. The van der Waals surface area contributed by atoms with E-state index < -0.39 is 23.6 Å². The number of hydrogen-bond donors (Lipinski definition) is 2. The van der Waals surface area contributed by atoms with Gasteiger partial charge in [-0.1, -0.05) is 32.9 Å². The van der Waals surface area contributed by atoms with Crippen molar-refractivity contribution in [2.24, 2.45) is 16.9 Å². The summed E-state index contributed by atoms with van der Waals surface area (Å²) in [5, 5.41) is 2.69. The summed E-state index contributed by atoms with van der Waals surface area (Å²) < 4.78 is 7.86. The third-order valence-corrected chi connectivity index (χ3v) is 6.56. The number of rotatable bonds is 6. The third kappa shape index (κ3) is 4.76. The highest BCUT2D eigenvalue weighted by molar-refractivity contribution is 5.94. The van der Waals surface area contributed by atoms with Gasteiger partial charge in [0.25, 0.3) is 5.91 Å². The quantitative estimate of drug-likeness (QED) is 0.579. The summed E-state index contributed by atoms with van der Waals surface area (Å²) in [5.41, 5.74) is 14.2.